The Balaban J connectivity index is 2.53. The van der Waals surface area contributed by atoms with Gasteiger partial charge in [-0.15, -0.1) is 0 Å². The molecule has 2 aromatic carbocycles. The number of Topliss-reactive ketones (excluding diaryl/α,β-unsaturated/α-hetero) is 1. The minimum absolute atomic E-state index is 0.111. The number of carbonyl (C=O) groups is 2. The van der Waals surface area contributed by atoms with Crippen LogP contribution in [0.1, 0.15) is 5.56 Å². The monoisotopic (exact) mass is 244 g/mol. The Hall–Kier alpha value is -2.36. The second-order valence-corrected chi connectivity index (χ2v) is 3.88. The highest BCUT2D eigenvalue weighted by Gasteiger charge is 2.14. The van der Waals surface area contributed by atoms with E-state index in [-0.39, 0.29) is 6.42 Å². The number of hydrogen-bond acceptors (Lipinski definition) is 3. The van der Waals surface area contributed by atoms with Crippen molar-refractivity contribution < 1.29 is 19.4 Å². The van der Waals surface area contributed by atoms with E-state index in [9.17, 15) is 9.59 Å². The minimum atomic E-state index is -1.41. The third-order valence-corrected chi connectivity index (χ3v) is 2.78. The lowest BCUT2D eigenvalue weighted by Gasteiger charge is -2.09. The van der Waals surface area contributed by atoms with Crippen LogP contribution < -0.4 is 4.74 Å². The quantitative estimate of drug-likeness (QED) is 0.836. The first kappa shape index (κ1) is 12.1. The zero-order valence-corrected chi connectivity index (χ0v) is 9.84. The molecule has 0 spiro atoms. The van der Waals surface area contributed by atoms with Crippen LogP contribution in [0.3, 0.4) is 0 Å². The van der Waals surface area contributed by atoms with E-state index >= 15 is 0 Å². The van der Waals surface area contributed by atoms with E-state index in [0.29, 0.717) is 11.3 Å². The summed E-state index contributed by atoms with van der Waals surface area (Å²) >= 11 is 0. The van der Waals surface area contributed by atoms with E-state index < -0.39 is 11.8 Å². The molecule has 0 fully saturated rings. The van der Waals surface area contributed by atoms with Crippen molar-refractivity contribution in [2.75, 3.05) is 7.11 Å². The molecule has 1 N–H and O–H groups in total. The van der Waals surface area contributed by atoms with Crippen molar-refractivity contribution in [2.24, 2.45) is 0 Å². The van der Waals surface area contributed by atoms with Gasteiger partial charge >= 0.3 is 5.97 Å². The first-order valence-electron chi connectivity index (χ1n) is 5.44. The first-order valence-corrected chi connectivity index (χ1v) is 5.44. The molecule has 2 aromatic rings. The van der Waals surface area contributed by atoms with Crippen molar-refractivity contribution in [3.05, 3.63) is 42.0 Å². The Morgan fingerprint density at radius 3 is 2.39 bits per heavy atom. The van der Waals surface area contributed by atoms with Gasteiger partial charge in [-0.3, -0.25) is 4.79 Å². The molecule has 92 valence electrons. The van der Waals surface area contributed by atoms with Gasteiger partial charge in [0.15, 0.2) is 0 Å². The Kier molecular flexibility index (Phi) is 3.28. The van der Waals surface area contributed by atoms with Crippen LogP contribution in [0.2, 0.25) is 0 Å². The largest absolute Gasteiger partial charge is 0.496 e. The topological polar surface area (TPSA) is 63.6 Å². The Bertz CT molecular complexity index is 616. The SMILES string of the molecule is COc1ccc(CC(=O)C(=O)O)c2ccccc12. The summed E-state index contributed by atoms with van der Waals surface area (Å²) in [4.78, 5) is 21.9. The molecule has 0 bridgehead atoms. The van der Waals surface area contributed by atoms with E-state index in [0.717, 1.165) is 10.8 Å². The van der Waals surface area contributed by atoms with Crippen molar-refractivity contribution in [3.8, 4) is 5.75 Å². The summed E-state index contributed by atoms with van der Waals surface area (Å²) in [6.45, 7) is 0. The fourth-order valence-corrected chi connectivity index (χ4v) is 1.91. The molecule has 0 aromatic heterocycles. The van der Waals surface area contributed by atoms with Crippen molar-refractivity contribution in [1.29, 1.82) is 0 Å². The van der Waals surface area contributed by atoms with Crippen molar-refractivity contribution in [1.82, 2.24) is 0 Å². The number of hydrogen-bond donors (Lipinski definition) is 1. The molecule has 0 aliphatic heterocycles. The number of fused-ring (bicyclic) bond motifs is 1. The number of benzene rings is 2. The molecule has 4 heteroatoms. The third kappa shape index (κ3) is 2.18. The molecule has 0 aliphatic carbocycles. The fourth-order valence-electron chi connectivity index (χ4n) is 1.91. The highest BCUT2D eigenvalue weighted by molar-refractivity contribution is 6.33. The highest BCUT2D eigenvalue weighted by Crippen LogP contribution is 2.28. The fraction of sp³-hybridized carbons (Fsp3) is 0.143. The maximum absolute atomic E-state index is 11.3. The molecule has 0 aliphatic rings. The Morgan fingerprint density at radius 1 is 1.11 bits per heavy atom. The number of rotatable bonds is 4. The van der Waals surface area contributed by atoms with Crippen molar-refractivity contribution in [2.45, 2.75) is 6.42 Å². The second kappa shape index (κ2) is 4.87. The predicted molar refractivity (Wildman–Crippen MR) is 66.8 cm³/mol. The number of ketones is 1. The molecule has 0 unspecified atom stereocenters. The number of methoxy groups -OCH3 is 1. The van der Waals surface area contributed by atoms with Gasteiger partial charge in [-0.05, 0) is 17.0 Å². The molecule has 0 atom stereocenters. The van der Waals surface area contributed by atoms with E-state index in [1.54, 1.807) is 19.2 Å². The number of aliphatic carboxylic acids is 1. The van der Waals surface area contributed by atoms with Crippen LogP contribution in [0.5, 0.6) is 5.75 Å². The van der Waals surface area contributed by atoms with E-state index in [1.165, 1.54) is 0 Å². The van der Waals surface area contributed by atoms with E-state index in [1.807, 2.05) is 24.3 Å². The summed E-state index contributed by atoms with van der Waals surface area (Å²) in [5.74, 6) is -1.52. The lowest BCUT2D eigenvalue weighted by atomic mass is 10.00. The molecular formula is C14H12O4. The van der Waals surface area contributed by atoms with Crippen LogP contribution in [0.4, 0.5) is 0 Å². The van der Waals surface area contributed by atoms with Gasteiger partial charge in [0.2, 0.25) is 5.78 Å². The van der Waals surface area contributed by atoms with Gasteiger partial charge in [0, 0.05) is 11.8 Å². The maximum atomic E-state index is 11.3. The Labute approximate surface area is 104 Å². The molecule has 0 saturated carbocycles. The average Bonchev–Trinajstić information content (AvgIpc) is 2.39. The summed E-state index contributed by atoms with van der Waals surface area (Å²) in [5, 5.41) is 10.4. The second-order valence-electron chi connectivity index (χ2n) is 3.88. The minimum Gasteiger partial charge on any atom is -0.496 e. The number of carboxylic acid groups (broad SMARTS) is 1. The standard InChI is InChI=1S/C14H12O4/c1-18-13-7-6-9(8-12(15)14(16)17)10-4-2-3-5-11(10)13/h2-7H,8H2,1H3,(H,16,17). The van der Waals surface area contributed by atoms with Crippen LogP contribution >= 0.6 is 0 Å². The number of carboxylic acids is 1. The average molecular weight is 244 g/mol. The first-order chi connectivity index (χ1) is 8.63. The highest BCUT2D eigenvalue weighted by atomic mass is 16.5. The molecule has 2 rings (SSSR count). The Morgan fingerprint density at radius 2 is 1.78 bits per heavy atom. The summed E-state index contributed by atoms with van der Waals surface area (Å²) in [6, 6.07) is 10.9. The summed E-state index contributed by atoms with van der Waals surface area (Å²) in [7, 11) is 1.57. The van der Waals surface area contributed by atoms with Crippen LogP contribution in [0.15, 0.2) is 36.4 Å². The maximum Gasteiger partial charge on any atom is 0.372 e. The van der Waals surface area contributed by atoms with Crippen molar-refractivity contribution >= 4 is 22.5 Å². The lowest BCUT2D eigenvalue weighted by molar-refractivity contribution is -0.148. The van der Waals surface area contributed by atoms with Gasteiger partial charge in [-0.2, -0.15) is 0 Å². The van der Waals surface area contributed by atoms with Gasteiger partial charge in [0.1, 0.15) is 5.75 Å². The van der Waals surface area contributed by atoms with Gasteiger partial charge in [0.05, 0.1) is 7.11 Å². The predicted octanol–water partition coefficient (Wildman–Crippen LogP) is 2.04. The number of carbonyl (C=O) groups excluding carboxylic acids is 1. The summed E-state index contributed by atoms with van der Waals surface area (Å²) < 4.78 is 5.23. The van der Waals surface area contributed by atoms with Crippen LogP contribution in [-0.2, 0) is 16.0 Å². The molecular weight excluding hydrogens is 232 g/mol. The van der Waals surface area contributed by atoms with Gasteiger partial charge in [-0.25, -0.2) is 4.79 Å². The molecule has 0 radical (unpaired) electrons. The molecule has 4 nitrogen and oxygen atoms in total. The zero-order valence-electron chi connectivity index (χ0n) is 9.84. The lowest BCUT2D eigenvalue weighted by Crippen LogP contribution is -2.15. The molecule has 18 heavy (non-hydrogen) atoms. The summed E-state index contributed by atoms with van der Waals surface area (Å²) in [5.41, 5.74) is 0.693. The zero-order chi connectivity index (χ0) is 13.1. The van der Waals surface area contributed by atoms with Gasteiger partial charge in [-0.1, -0.05) is 30.3 Å². The van der Waals surface area contributed by atoms with Gasteiger partial charge in [0.25, 0.3) is 0 Å². The smallest absolute Gasteiger partial charge is 0.372 e. The van der Waals surface area contributed by atoms with Crippen LogP contribution in [-0.4, -0.2) is 24.0 Å². The normalized spacial score (nSPS) is 10.3. The number of ether oxygens (including phenoxy) is 1. The summed E-state index contributed by atoms with van der Waals surface area (Å²) in [6.07, 6.45) is -0.111. The van der Waals surface area contributed by atoms with E-state index in [2.05, 4.69) is 0 Å². The van der Waals surface area contributed by atoms with Crippen LogP contribution in [0.25, 0.3) is 10.8 Å². The molecule has 0 saturated heterocycles. The van der Waals surface area contributed by atoms with Crippen molar-refractivity contribution in [3.63, 3.8) is 0 Å². The van der Waals surface area contributed by atoms with Gasteiger partial charge < -0.3 is 9.84 Å². The third-order valence-electron chi connectivity index (χ3n) is 2.78. The molecule has 0 amide bonds. The van der Waals surface area contributed by atoms with Crippen LogP contribution in [0, 0.1) is 0 Å². The van der Waals surface area contributed by atoms with E-state index in [4.69, 9.17) is 9.84 Å². The molecule has 0 heterocycles.